The van der Waals surface area contributed by atoms with Crippen LogP contribution in [0.2, 0.25) is 0 Å². The Bertz CT molecular complexity index is 404. The molecule has 1 heterocycles. The molecule has 104 valence electrons. The normalized spacial score (nSPS) is 20.8. The molecular weight excluding hydrogens is 238 g/mol. The number of benzene rings is 1. The molecule has 1 N–H and O–H groups in total. The summed E-state index contributed by atoms with van der Waals surface area (Å²) >= 11 is 0. The molecule has 1 amide bonds. The van der Waals surface area contributed by atoms with Crippen LogP contribution in [0, 0.1) is 11.8 Å². The molecule has 0 aromatic heterocycles. The van der Waals surface area contributed by atoms with Gasteiger partial charge in [-0.2, -0.15) is 0 Å². The predicted octanol–water partition coefficient (Wildman–Crippen LogP) is 2.44. The number of rotatable bonds is 6. The molecule has 2 atom stereocenters. The standard InChI is InChI=1S/C16H23NO2/c1-13(12-18)7-8-15-9-10-17(16(15)19)11-14-5-3-2-4-6-14/h2-6,13,15,18H,7-12H2,1H3. The topological polar surface area (TPSA) is 40.5 Å². The SMILES string of the molecule is CC(CO)CCC1CCN(Cc2ccccc2)C1=O. The third-order valence-electron chi connectivity index (χ3n) is 3.94. The molecule has 0 radical (unpaired) electrons. The predicted molar refractivity (Wildman–Crippen MR) is 75.4 cm³/mol. The maximum atomic E-state index is 12.3. The van der Waals surface area contributed by atoms with Crippen molar-refractivity contribution in [1.82, 2.24) is 4.90 Å². The van der Waals surface area contributed by atoms with Crippen LogP contribution >= 0.6 is 0 Å². The quantitative estimate of drug-likeness (QED) is 0.854. The zero-order valence-corrected chi connectivity index (χ0v) is 11.6. The Morgan fingerprint density at radius 2 is 2.11 bits per heavy atom. The van der Waals surface area contributed by atoms with Crippen molar-refractivity contribution in [3.63, 3.8) is 0 Å². The van der Waals surface area contributed by atoms with Crippen LogP contribution in [0.4, 0.5) is 0 Å². The van der Waals surface area contributed by atoms with Crippen molar-refractivity contribution < 1.29 is 9.90 Å². The van der Waals surface area contributed by atoms with Gasteiger partial charge in [-0.25, -0.2) is 0 Å². The second kappa shape index (κ2) is 6.71. The molecule has 0 spiro atoms. The fourth-order valence-electron chi connectivity index (χ4n) is 2.61. The van der Waals surface area contributed by atoms with E-state index in [1.807, 2.05) is 30.0 Å². The van der Waals surface area contributed by atoms with Crippen molar-refractivity contribution >= 4 is 5.91 Å². The summed E-state index contributed by atoms with van der Waals surface area (Å²) in [5.41, 5.74) is 1.19. The summed E-state index contributed by atoms with van der Waals surface area (Å²) < 4.78 is 0. The molecule has 0 aliphatic carbocycles. The molecular formula is C16H23NO2. The molecule has 1 fully saturated rings. The van der Waals surface area contributed by atoms with Crippen molar-refractivity contribution in [1.29, 1.82) is 0 Å². The summed E-state index contributed by atoms with van der Waals surface area (Å²) in [7, 11) is 0. The molecule has 3 nitrogen and oxygen atoms in total. The van der Waals surface area contributed by atoms with Gasteiger partial charge in [-0.15, -0.1) is 0 Å². The lowest BCUT2D eigenvalue weighted by atomic mass is 9.96. The van der Waals surface area contributed by atoms with Crippen molar-refractivity contribution in [2.45, 2.75) is 32.7 Å². The fraction of sp³-hybridized carbons (Fsp3) is 0.562. The van der Waals surface area contributed by atoms with Crippen LogP contribution in [0.25, 0.3) is 0 Å². The Labute approximate surface area is 115 Å². The lowest BCUT2D eigenvalue weighted by Crippen LogP contribution is -2.27. The van der Waals surface area contributed by atoms with Crippen molar-refractivity contribution in [2.24, 2.45) is 11.8 Å². The highest BCUT2D eigenvalue weighted by Crippen LogP contribution is 2.25. The van der Waals surface area contributed by atoms with Crippen LogP contribution < -0.4 is 0 Å². The minimum Gasteiger partial charge on any atom is -0.396 e. The highest BCUT2D eigenvalue weighted by Gasteiger charge is 2.31. The van der Waals surface area contributed by atoms with Gasteiger partial charge in [0.05, 0.1) is 0 Å². The smallest absolute Gasteiger partial charge is 0.226 e. The van der Waals surface area contributed by atoms with Gasteiger partial charge in [0.1, 0.15) is 0 Å². The molecule has 1 aliphatic heterocycles. The minimum atomic E-state index is 0.165. The van der Waals surface area contributed by atoms with Crippen LogP contribution in [0.5, 0.6) is 0 Å². The molecule has 1 aromatic rings. The first kappa shape index (κ1) is 14.1. The van der Waals surface area contributed by atoms with E-state index in [1.165, 1.54) is 5.56 Å². The van der Waals surface area contributed by atoms with Crippen LogP contribution in [0.15, 0.2) is 30.3 Å². The third-order valence-corrected chi connectivity index (χ3v) is 3.94. The maximum absolute atomic E-state index is 12.3. The van der Waals surface area contributed by atoms with Gasteiger partial charge in [-0.3, -0.25) is 4.79 Å². The van der Waals surface area contributed by atoms with Crippen LogP contribution in [0.3, 0.4) is 0 Å². The Balaban J connectivity index is 1.84. The zero-order valence-electron chi connectivity index (χ0n) is 11.6. The van der Waals surface area contributed by atoms with Gasteiger partial charge in [0.2, 0.25) is 5.91 Å². The van der Waals surface area contributed by atoms with Crippen LogP contribution in [-0.2, 0) is 11.3 Å². The van der Waals surface area contributed by atoms with Crippen molar-refractivity contribution in [3.8, 4) is 0 Å². The second-order valence-electron chi connectivity index (χ2n) is 5.60. The largest absolute Gasteiger partial charge is 0.396 e. The molecule has 2 rings (SSSR count). The summed E-state index contributed by atoms with van der Waals surface area (Å²) in [5, 5.41) is 9.03. The van der Waals surface area contributed by atoms with E-state index in [4.69, 9.17) is 5.11 Å². The summed E-state index contributed by atoms with van der Waals surface area (Å²) in [6.07, 6.45) is 2.81. The van der Waals surface area contributed by atoms with E-state index in [2.05, 4.69) is 12.1 Å². The summed E-state index contributed by atoms with van der Waals surface area (Å²) in [6.45, 7) is 3.84. The molecule has 19 heavy (non-hydrogen) atoms. The number of carbonyl (C=O) groups is 1. The van der Waals surface area contributed by atoms with Gasteiger partial charge in [-0.05, 0) is 30.7 Å². The number of carbonyl (C=O) groups excluding carboxylic acids is 1. The third kappa shape index (κ3) is 3.80. The van der Waals surface area contributed by atoms with Gasteiger partial charge in [0.25, 0.3) is 0 Å². The highest BCUT2D eigenvalue weighted by molar-refractivity contribution is 5.80. The van der Waals surface area contributed by atoms with Gasteiger partial charge >= 0.3 is 0 Å². The average molecular weight is 261 g/mol. The Kier molecular flexibility index (Phi) is 4.97. The number of aliphatic hydroxyl groups is 1. The molecule has 0 saturated carbocycles. The Morgan fingerprint density at radius 3 is 2.79 bits per heavy atom. The van der Waals surface area contributed by atoms with E-state index < -0.39 is 0 Å². The molecule has 1 aliphatic rings. The highest BCUT2D eigenvalue weighted by atomic mass is 16.3. The van der Waals surface area contributed by atoms with E-state index in [-0.39, 0.29) is 18.4 Å². The number of hydrogen-bond donors (Lipinski definition) is 1. The first-order valence-electron chi connectivity index (χ1n) is 7.14. The zero-order chi connectivity index (χ0) is 13.7. The summed E-state index contributed by atoms with van der Waals surface area (Å²) in [5.74, 6) is 0.752. The van der Waals surface area contributed by atoms with Crippen LogP contribution in [0.1, 0.15) is 31.7 Å². The molecule has 1 saturated heterocycles. The van der Waals surface area contributed by atoms with Gasteiger partial charge < -0.3 is 10.0 Å². The van der Waals surface area contributed by atoms with E-state index in [0.29, 0.717) is 5.92 Å². The molecule has 1 aromatic carbocycles. The Hall–Kier alpha value is -1.35. The summed E-state index contributed by atoms with van der Waals surface area (Å²) in [4.78, 5) is 14.2. The number of hydrogen-bond acceptors (Lipinski definition) is 2. The fourth-order valence-corrected chi connectivity index (χ4v) is 2.61. The van der Waals surface area contributed by atoms with E-state index in [0.717, 1.165) is 32.4 Å². The number of nitrogens with zero attached hydrogens (tertiary/aromatic N) is 1. The first-order chi connectivity index (χ1) is 9.20. The first-order valence-corrected chi connectivity index (χ1v) is 7.14. The number of aliphatic hydroxyl groups excluding tert-OH is 1. The molecule has 2 unspecified atom stereocenters. The minimum absolute atomic E-state index is 0.165. The molecule has 3 heteroatoms. The van der Waals surface area contributed by atoms with E-state index >= 15 is 0 Å². The lowest BCUT2D eigenvalue weighted by Gasteiger charge is -2.17. The monoisotopic (exact) mass is 261 g/mol. The van der Waals surface area contributed by atoms with Crippen molar-refractivity contribution in [2.75, 3.05) is 13.2 Å². The van der Waals surface area contributed by atoms with Crippen LogP contribution in [-0.4, -0.2) is 29.1 Å². The van der Waals surface area contributed by atoms with Gasteiger partial charge in [0.15, 0.2) is 0 Å². The van der Waals surface area contributed by atoms with Crippen molar-refractivity contribution in [3.05, 3.63) is 35.9 Å². The molecule has 0 bridgehead atoms. The van der Waals surface area contributed by atoms with Gasteiger partial charge in [0, 0.05) is 25.6 Å². The number of likely N-dealkylation sites (tertiary alicyclic amines) is 1. The van der Waals surface area contributed by atoms with E-state index in [1.54, 1.807) is 0 Å². The van der Waals surface area contributed by atoms with Gasteiger partial charge in [-0.1, -0.05) is 37.3 Å². The maximum Gasteiger partial charge on any atom is 0.226 e. The lowest BCUT2D eigenvalue weighted by molar-refractivity contribution is -0.131. The number of amides is 1. The second-order valence-corrected chi connectivity index (χ2v) is 5.60. The average Bonchev–Trinajstić information content (AvgIpc) is 2.78. The Morgan fingerprint density at radius 1 is 1.37 bits per heavy atom. The summed E-state index contributed by atoms with van der Waals surface area (Å²) in [6, 6.07) is 10.1. The van der Waals surface area contributed by atoms with E-state index in [9.17, 15) is 4.79 Å².